The van der Waals surface area contributed by atoms with Gasteiger partial charge >= 0.3 is 0 Å². The van der Waals surface area contributed by atoms with Crippen molar-refractivity contribution in [2.24, 2.45) is 0 Å². The van der Waals surface area contributed by atoms with Crippen LogP contribution in [0.15, 0.2) is 30.6 Å². The topological polar surface area (TPSA) is 35.6 Å². The first-order valence-corrected chi connectivity index (χ1v) is 6.98. The lowest BCUT2D eigenvalue weighted by atomic mass is 10.3. The zero-order chi connectivity index (χ0) is 14.1. The lowest BCUT2D eigenvalue weighted by molar-refractivity contribution is 0.533. The molecule has 2 aromatic heterocycles. The first-order valence-electron chi connectivity index (χ1n) is 6.06. The summed E-state index contributed by atoms with van der Waals surface area (Å²) in [7, 11) is 0. The van der Waals surface area contributed by atoms with E-state index in [1.807, 2.05) is 21.5 Å². The number of hydrogen-bond acceptors (Lipinski definition) is 2. The van der Waals surface area contributed by atoms with Crippen molar-refractivity contribution in [1.29, 1.82) is 0 Å². The molecular weight excluding hydrogens is 302 g/mol. The number of alkyl halides is 1. The Bertz CT molecular complexity index is 736. The molecule has 0 aliphatic heterocycles. The summed E-state index contributed by atoms with van der Waals surface area (Å²) in [6, 6.07) is 4.78. The van der Waals surface area contributed by atoms with E-state index in [1.165, 1.54) is 6.07 Å². The molecule has 4 nitrogen and oxygen atoms in total. The van der Waals surface area contributed by atoms with E-state index in [2.05, 4.69) is 10.1 Å². The fourth-order valence-corrected chi connectivity index (χ4v) is 2.52. The number of aryl methyl sites for hydroxylation is 2. The molecule has 0 saturated carbocycles. The first kappa shape index (κ1) is 13.4. The highest BCUT2D eigenvalue weighted by Gasteiger charge is 2.13. The fourth-order valence-electron chi connectivity index (χ4n) is 2.16. The van der Waals surface area contributed by atoms with Gasteiger partial charge < -0.3 is 4.57 Å². The summed E-state index contributed by atoms with van der Waals surface area (Å²) in [6.07, 6.45) is 3.60. The monoisotopic (exact) mass is 312 g/mol. The maximum absolute atomic E-state index is 13.5. The molecule has 2 heterocycles. The third kappa shape index (κ3) is 2.39. The van der Waals surface area contributed by atoms with Gasteiger partial charge in [-0.05, 0) is 12.1 Å². The Kier molecular flexibility index (Phi) is 3.63. The van der Waals surface area contributed by atoms with Gasteiger partial charge in [0.15, 0.2) is 0 Å². The average Bonchev–Trinajstić information content (AvgIpc) is 3.05. The van der Waals surface area contributed by atoms with Crippen molar-refractivity contribution < 1.29 is 4.39 Å². The highest BCUT2D eigenvalue weighted by Crippen LogP contribution is 2.24. The van der Waals surface area contributed by atoms with Crippen molar-refractivity contribution in [3.8, 4) is 0 Å². The van der Waals surface area contributed by atoms with E-state index in [4.69, 9.17) is 23.2 Å². The Balaban J connectivity index is 2.01. The van der Waals surface area contributed by atoms with Crippen LogP contribution in [0.2, 0.25) is 5.02 Å². The maximum Gasteiger partial charge on any atom is 0.144 e. The molecule has 1 aromatic carbocycles. The second-order valence-corrected chi connectivity index (χ2v) is 5.01. The Hall–Kier alpha value is -1.59. The molecule has 104 valence electrons. The molecule has 0 aliphatic rings. The van der Waals surface area contributed by atoms with Crippen molar-refractivity contribution in [1.82, 2.24) is 19.3 Å². The van der Waals surface area contributed by atoms with Crippen LogP contribution in [0.5, 0.6) is 0 Å². The van der Waals surface area contributed by atoms with Crippen LogP contribution in [0.4, 0.5) is 4.39 Å². The molecule has 0 aliphatic carbocycles. The number of imidazole rings is 1. The summed E-state index contributed by atoms with van der Waals surface area (Å²) in [5.41, 5.74) is 1.34. The van der Waals surface area contributed by atoms with Gasteiger partial charge in [0.1, 0.15) is 11.6 Å². The van der Waals surface area contributed by atoms with Crippen LogP contribution in [-0.2, 0) is 19.0 Å². The molecule has 0 radical (unpaired) electrons. The number of benzene rings is 1. The zero-order valence-electron chi connectivity index (χ0n) is 10.4. The van der Waals surface area contributed by atoms with Gasteiger partial charge in [0.2, 0.25) is 0 Å². The van der Waals surface area contributed by atoms with Crippen LogP contribution < -0.4 is 0 Å². The van der Waals surface area contributed by atoms with Gasteiger partial charge in [-0.1, -0.05) is 11.6 Å². The van der Waals surface area contributed by atoms with Crippen molar-refractivity contribution in [3.05, 3.63) is 47.3 Å². The molecule has 0 atom stereocenters. The smallest absolute Gasteiger partial charge is 0.144 e. The molecule has 20 heavy (non-hydrogen) atoms. The predicted molar refractivity (Wildman–Crippen MR) is 76.5 cm³/mol. The molecule has 0 amide bonds. The van der Waals surface area contributed by atoms with Gasteiger partial charge in [0.05, 0.1) is 28.5 Å². The lowest BCUT2D eigenvalue weighted by Gasteiger charge is -2.08. The van der Waals surface area contributed by atoms with Crippen molar-refractivity contribution in [2.75, 3.05) is 0 Å². The minimum Gasteiger partial charge on any atom is -0.325 e. The van der Waals surface area contributed by atoms with Crippen molar-refractivity contribution in [2.45, 2.75) is 19.0 Å². The molecule has 0 bridgehead atoms. The summed E-state index contributed by atoms with van der Waals surface area (Å²) in [6.45, 7) is 1.32. The van der Waals surface area contributed by atoms with E-state index in [9.17, 15) is 4.39 Å². The number of nitrogens with zero attached hydrogens (tertiary/aromatic N) is 4. The molecule has 7 heteroatoms. The van der Waals surface area contributed by atoms with Crippen molar-refractivity contribution in [3.63, 3.8) is 0 Å². The highest BCUT2D eigenvalue weighted by molar-refractivity contribution is 6.31. The van der Waals surface area contributed by atoms with Crippen LogP contribution in [-0.4, -0.2) is 19.3 Å². The minimum absolute atomic E-state index is 0.0823. The standard InChI is InChI=1S/C13H11Cl2FN4/c14-8-13-18-11-7-10(16)9(15)6-12(11)20(13)5-4-19-3-1-2-17-19/h1-3,6-7H,4-5,8H2. The SMILES string of the molecule is Fc1cc2nc(CCl)n(CCn3cccn3)c2cc1Cl. The van der Waals surface area contributed by atoms with Crippen LogP contribution in [0, 0.1) is 5.82 Å². The number of fused-ring (bicyclic) bond motifs is 1. The maximum atomic E-state index is 13.5. The molecule has 0 unspecified atom stereocenters. The quantitative estimate of drug-likeness (QED) is 0.692. The molecular formula is C13H11Cl2FN4. The summed E-state index contributed by atoms with van der Waals surface area (Å²) < 4.78 is 17.2. The first-order chi connectivity index (χ1) is 9.69. The van der Waals surface area contributed by atoms with E-state index < -0.39 is 5.82 Å². The van der Waals surface area contributed by atoms with Gasteiger partial charge in [-0.2, -0.15) is 5.10 Å². The molecule has 0 spiro atoms. The van der Waals surface area contributed by atoms with Gasteiger partial charge in [0, 0.05) is 25.0 Å². The third-order valence-electron chi connectivity index (χ3n) is 3.10. The van der Waals surface area contributed by atoms with E-state index in [0.29, 0.717) is 24.4 Å². The molecule has 3 aromatic rings. The molecule has 3 rings (SSSR count). The second-order valence-electron chi connectivity index (χ2n) is 4.34. The van der Waals surface area contributed by atoms with Gasteiger partial charge in [-0.3, -0.25) is 4.68 Å². The zero-order valence-corrected chi connectivity index (χ0v) is 11.9. The Morgan fingerprint density at radius 2 is 2.10 bits per heavy atom. The number of rotatable bonds is 4. The second kappa shape index (κ2) is 5.42. The van der Waals surface area contributed by atoms with Crippen molar-refractivity contribution >= 4 is 34.2 Å². The fraction of sp³-hybridized carbons (Fsp3) is 0.231. The normalized spacial score (nSPS) is 11.3. The Morgan fingerprint density at radius 3 is 2.80 bits per heavy atom. The predicted octanol–water partition coefficient (Wildman–Crippen LogP) is 3.46. The van der Waals surface area contributed by atoms with Crippen LogP contribution in [0.25, 0.3) is 11.0 Å². The molecule has 0 saturated heterocycles. The van der Waals surface area contributed by atoms with E-state index >= 15 is 0 Å². The Morgan fingerprint density at radius 1 is 1.25 bits per heavy atom. The Labute approximate surface area is 124 Å². The van der Waals surface area contributed by atoms with Crippen LogP contribution in [0.1, 0.15) is 5.82 Å². The largest absolute Gasteiger partial charge is 0.325 e. The third-order valence-corrected chi connectivity index (χ3v) is 3.63. The average molecular weight is 313 g/mol. The van der Waals surface area contributed by atoms with Gasteiger partial charge in [-0.25, -0.2) is 9.37 Å². The highest BCUT2D eigenvalue weighted by atomic mass is 35.5. The van der Waals surface area contributed by atoms with E-state index in [0.717, 1.165) is 5.52 Å². The summed E-state index contributed by atoms with van der Waals surface area (Å²) >= 11 is 11.8. The number of aromatic nitrogens is 4. The molecule has 0 N–H and O–H groups in total. The number of hydrogen-bond donors (Lipinski definition) is 0. The summed E-state index contributed by atoms with van der Waals surface area (Å²) in [5, 5.41) is 4.23. The summed E-state index contributed by atoms with van der Waals surface area (Å²) in [5.74, 6) is 0.472. The van der Waals surface area contributed by atoms with E-state index in [-0.39, 0.29) is 10.9 Å². The lowest BCUT2D eigenvalue weighted by Crippen LogP contribution is -2.10. The minimum atomic E-state index is -0.475. The van der Waals surface area contributed by atoms with Crippen LogP contribution in [0.3, 0.4) is 0 Å². The molecule has 0 fully saturated rings. The number of halogens is 3. The van der Waals surface area contributed by atoms with E-state index in [1.54, 1.807) is 12.3 Å². The van der Waals surface area contributed by atoms with Crippen LogP contribution >= 0.6 is 23.2 Å². The van der Waals surface area contributed by atoms with Gasteiger partial charge in [0.25, 0.3) is 0 Å². The summed E-state index contributed by atoms with van der Waals surface area (Å²) in [4.78, 5) is 4.34. The van der Waals surface area contributed by atoms with Gasteiger partial charge in [-0.15, -0.1) is 11.6 Å².